The number of Topliss-reactive ketones (excluding diaryl/α,β-unsaturated/α-hetero) is 2. The topological polar surface area (TPSA) is 80.5 Å². The van der Waals surface area contributed by atoms with E-state index >= 15 is 0 Å². The molecule has 5 aromatic carbocycles. The maximum atomic E-state index is 13.8. The Balaban J connectivity index is 1.72. The molecule has 2 unspecified atom stereocenters. The van der Waals surface area contributed by atoms with Crippen molar-refractivity contribution in [1.29, 1.82) is 0 Å². The summed E-state index contributed by atoms with van der Waals surface area (Å²) in [5.74, 6) is -0.205. The number of ketones is 2. The van der Waals surface area contributed by atoms with E-state index in [2.05, 4.69) is 0 Å². The van der Waals surface area contributed by atoms with Crippen LogP contribution in [-0.2, 0) is 0 Å². The molecule has 0 radical (unpaired) electrons. The molecule has 0 saturated carbocycles. The largest absolute Gasteiger partial charge is 0.351 e. The summed E-state index contributed by atoms with van der Waals surface area (Å²) in [6.45, 7) is 0. The highest BCUT2D eigenvalue weighted by atomic mass is 16.6. The summed E-state index contributed by atoms with van der Waals surface area (Å²) < 4.78 is 0. The van der Waals surface area contributed by atoms with E-state index < -0.39 is 17.0 Å². The molecule has 0 aromatic heterocycles. The molecule has 0 aliphatic carbocycles. The van der Waals surface area contributed by atoms with Gasteiger partial charge in [0.1, 0.15) is 5.69 Å². The Hall–Kier alpha value is -5.36. The minimum atomic E-state index is -0.617. The van der Waals surface area contributed by atoms with Gasteiger partial charge in [-0.15, -0.1) is 0 Å². The summed E-state index contributed by atoms with van der Waals surface area (Å²) in [6.07, 6.45) is 0.0892. The zero-order valence-corrected chi connectivity index (χ0v) is 23.0. The molecule has 0 aliphatic heterocycles. The standard InChI is InChI=1S/C36H30N2O4/c39-35(29-19-9-3-10-20-29)25-33(27-15-5-1-6-16-27)37(31-23-13-14-24-32(31)38(41)42)34(28-17-7-2-8-18-28)26-36(40)30-21-11-4-12-22-30/h1-24,33-34H,25-26H2. The molecule has 0 aliphatic rings. The SMILES string of the molecule is O=C(CC(c1ccccc1)N(c1ccccc1[N+](=O)[O-])C(CC(=O)c1ccccc1)c1ccccc1)c1ccccc1. The van der Waals surface area contributed by atoms with E-state index in [0.29, 0.717) is 16.8 Å². The van der Waals surface area contributed by atoms with Crippen molar-refractivity contribution in [3.8, 4) is 0 Å². The maximum absolute atomic E-state index is 13.8. The zero-order chi connectivity index (χ0) is 29.3. The van der Waals surface area contributed by atoms with E-state index in [1.807, 2.05) is 102 Å². The average Bonchev–Trinajstić information content (AvgIpc) is 3.05. The molecule has 5 aromatic rings. The van der Waals surface area contributed by atoms with Crippen molar-refractivity contribution in [2.45, 2.75) is 24.9 Å². The molecule has 5 rings (SSSR count). The maximum Gasteiger partial charge on any atom is 0.292 e. The monoisotopic (exact) mass is 554 g/mol. The summed E-state index contributed by atoms with van der Waals surface area (Å²) >= 11 is 0. The first-order valence-electron chi connectivity index (χ1n) is 13.8. The number of anilines is 1. The second-order valence-electron chi connectivity index (χ2n) is 9.99. The van der Waals surface area contributed by atoms with Gasteiger partial charge in [-0.05, 0) is 17.2 Å². The third-order valence-electron chi connectivity index (χ3n) is 7.35. The Bertz CT molecular complexity index is 1540. The van der Waals surface area contributed by atoms with Gasteiger partial charge in [0.15, 0.2) is 11.6 Å². The lowest BCUT2D eigenvalue weighted by Crippen LogP contribution is -2.36. The number of rotatable bonds is 12. The third-order valence-corrected chi connectivity index (χ3v) is 7.35. The number of carbonyl (C=O) groups is 2. The molecule has 6 heteroatoms. The molecule has 0 saturated heterocycles. The van der Waals surface area contributed by atoms with Crippen molar-refractivity contribution >= 4 is 22.9 Å². The number of para-hydroxylation sites is 2. The quantitative estimate of drug-likeness (QED) is 0.0878. The van der Waals surface area contributed by atoms with Gasteiger partial charge in [-0.3, -0.25) is 19.7 Å². The summed E-state index contributed by atoms with van der Waals surface area (Å²) in [6, 6.07) is 42.4. The normalized spacial score (nSPS) is 12.2. The first-order valence-corrected chi connectivity index (χ1v) is 13.8. The molecular weight excluding hydrogens is 524 g/mol. The minimum Gasteiger partial charge on any atom is -0.351 e. The van der Waals surface area contributed by atoms with Gasteiger partial charge in [-0.25, -0.2) is 0 Å². The van der Waals surface area contributed by atoms with Crippen LogP contribution in [0, 0.1) is 10.1 Å². The van der Waals surface area contributed by atoms with Gasteiger partial charge in [0.25, 0.3) is 5.69 Å². The summed E-state index contributed by atoms with van der Waals surface area (Å²) in [5.41, 5.74) is 2.97. The Morgan fingerprint density at radius 3 is 1.31 bits per heavy atom. The number of benzene rings is 5. The molecule has 0 fully saturated rings. The Kier molecular flexibility index (Phi) is 8.94. The van der Waals surface area contributed by atoms with Crippen LogP contribution in [0.3, 0.4) is 0 Å². The van der Waals surface area contributed by atoms with Crippen LogP contribution in [0.2, 0.25) is 0 Å². The van der Waals surface area contributed by atoms with Crippen molar-refractivity contribution in [2.75, 3.05) is 4.90 Å². The molecule has 0 heterocycles. The molecule has 6 nitrogen and oxygen atoms in total. The van der Waals surface area contributed by atoms with Gasteiger partial charge >= 0.3 is 0 Å². The number of nitro groups is 1. The second kappa shape index (κ2) is 13.3. The molecule has 0 bridgehead atoms. The van der Waals surface area contributed by atoms with E-state index in [1.54, 1.807) is 42.5 Å². The smallest absolute Gasteiger partial charge is 0.292 e. The van der Waals surface area contributed by atoms with Crippen molar-refractivity contribution < 1.29 is 14.5 Å². The highest BCUT2D eigenvalue weighted by molar-refractivity contribution is 5.98. The number of nitro benzene ring substituents is 1. The Morgan fingerprint density at radius 1 is 0.548 bits per heavy atom. The molecule has 0 N–H and O–H groups in total. The van der Waals surface area contributed by atoms with Gasteiger partial charge in [0.2, 0.25) is 0 Å². The van der Waals surface area contributed by atoms with Gasteiger partial charge in [0.05, 0.1) is 17.0 Å². The van der Waals surface area contributed by atoms with E-state index in [9.17, 15) is 19.7 Å². The minimum absolute atomic E-state index is 0.0446. The molecule has 0 amide bonds. The fourth-order valence-corrected chi connectivity index (χ4v) is 5.33. The van der Waals surface area contributed by atoms with E-state index in [-0.39, 0.29) is 30.1 Å². The van der Waals surface area contributed by atoms with E-state index in [0.717, 1.165) is 11.1 Å². The van der Waals surface area contributed by atoms with Crippen molar-refractivity contribution in [1.82, 2.24) is 0 Å². The summed E-state index contributed by atoms with van der Waals surface area (Å²) in [4.78, 5) is 41.4. The average molecular weight is 555 g/mol. The fraction of sp³-hybridized carbons (Fsp3) is 0.111. The van der Waals surface area contributed by atoms with Crippen LogP contribution >= 0.6 is 0 Å². The predicted molar refractivity (Wildman–Crippen MR) is 165 cm³/mol. The lowest BCUT2D eigenvalue weighted by atomic mass is 9.90. The van der Waals surface area contributed by atoms with E-state index in [1.165, 1.54) is 6.07 Å². The van der Waals surface area contributed by atoms with Crippen LogP contribution in [-0.4, -0.2) is 16.5 Å². The van der Waals surface area contributed by atoms with Crippen LogP contribution in [0.25, 0.3) is 0 Å². The first kappa shape index (κ1) is 28.2. The molecule has 42 heavy (non-hydrogen) atoms. The summed E-state index contributed by atoms with van der Waals surface area (Å²) in [5, 5.41) is 12.4. The Morgan fingerprint density at radius 2 is 0.905 bits per heavy atom. The van der Waals surface area contributed by atoms with Crippen LogP contribution in [0.4, 0.5) is 11.4 Å². The first-order chi connectivity index (χ1) is 20.5. The van der Waals surface area contributed by atoms with E-state index in [4.69, 9.17) is 0 Å². The van der Waals surface area contributed by atoms with Gasteiger partial charge < -0.3 is 4.90 Å². The highest BCUT2D eigenvalue weighted by Gasteiger charge is 2.36. The van der Waals surface area contributed by atoms with Gasteiger partial charge in [-0.2, -0.15) is 0 Å². The molecule has 208 valence electrons. The van der Waals surface area contributed by atoms with Gasteiger partial charge in [-0.1, -0.05) is 133 Å². The van der Waals surface area contributed by atoms with Crippen molar-refractivity contribution in [3.63, 3.8) is 0 Å². The third kappa shape index (κ3) is 6.50. The predicted octanol–water partition coefficient (Wildman–Crippen LogP) is 8.43. The molecule has 2 atom stereocenters. The van der Waals surface area contributed by atoms with Crippen LogP contribution in [0.1, 0.15) is 56.8 Å². The fourth-order valence-electron chi connectivity index (χ4n) is 5.33. The highest BCUT2D eigenvalue weighted by Crippen LogP contribution is 2.44. The lowest BCUT2D eigenvalue weighted by molar-refractivity contribution is -0.384. The molecular formula is C36H30N2O4. The molecule has 0 spiro atoms. The number of hydrogen-bond acceptors (Lipinski definition) is 5. The number of nitrogens with zero attached hydrogens (tertiary/aromatic N) is 2. The second-order valence-corrected chi connectivity index (χ2v) is 9.99. The summed E-state index contributed by atoms with van der Waals surface area (Å²) in [7, 11) is 0. The van der Waals surface area contributed by atoms with Gasteiger partial charge in [0, 0.05) is 30.0 Å². The Labute approximate surface area is 245 Å². The number of carbonyl (C=O) groups excluding carboxylic acids is 2. The van der Waals surface area contributed by atoms with Crippen molar-refractivity contribution in [3.05, 3.63) is 178 Å². The van der Waals surface area contributed by atoms with Crippen LogP contribution in [0.5, 0.6) is 0 Å². The number of hydrogen-bond donors (Lipinski definition) is 0. The van der Waals surface area contributed by atoms with Crippen molar-refractivity contribution in [2.24, 2.45) is 0 Å². The van der Waals surface area contributed by atoms with Crippen LogP contribution < -0.4 is 4.90 Å². The lowest BCUT2D eigenvalue weighted by Gasteiger charge is -2.40. The zero-order valence-electron chi connectivity index (χ0n) is 23.0. The van der Waals surface area contributed by atoms with Crippen LogP contribution in [0.15, 0.2) is 146 Å².